The van der Waals surface area contributed by atoms with Gasteiger partial charge in [-0.3, -0.25) is 9.59 Å². The van der Waals surface area contributed by atoms with E-state index in [0.29, 0.717) is 44.9 Å². The number of benzene rings is 2. The van der Waals surface area contributed by atoms with Gasteiger partial charge in [0.1, 0.15) is 6.61 Å². The third-order valence-electron chi connectivity index (χ3n) is 6.12. The first kappa shape index (κ1) is 32.0. The van der Waals surface area contributed by atoms with Gasteiger partial charge in [-0.15, -0.1) is 12.4 Å². The summed E-state index contributed by atoms with van der Waals surface area (Å²) in [5.41, 5.74) is 7.59. The number of para-hydroxylation sites is 2. The molecule has 0 aliphatic carbocycles. The molecule has 0 saturated carbocycles. The van der Waals surface area contributed by atoms with Gasteiger partial charge in [-0.05, 0) is 83.4 Å². The van der Waals surface area contributed by atoms with Gasteiger partial charge in [0.25, 0.3) is 5.91 Å². The van der Waals surface area contributed by atoms with Gasteiger partial charge in [-0.25, -0.2) is 0 Å². The van der Waals surface area contributed by atoms with Crippen molar-refractivity contribution in [3.63, 3.8) is 0 Å². The zero-order valence-electron chi connectivity index (χ0n) is 23.6. The Morgan fingerprint density at radius 3 is 2.38 bits per heavy atom. The quantitative estimate of drug-likeness (QED) is 0.209. The van der Waals surface area contributed by atoms with E-state index in [-0.39, 0.29) is 24.4 Å². The molecule has 1 heterocycles. The van der Waals surface area contributed by atoms with Crippen LogP contribution in [0.5, 0.6) is 11.5 Å². The molecule has 3 aromatic rings. The van der Waals surface area contributed by atoms with Gasteiger partial charge in [0, 0.05) is 30.7 Å². The van der Waals surface area contributed by atoms with Crippen molar-refractivity contribution in [2.45, 2.75) is 60.0 Å². The Labute approximate surface area is 237 Å². The normalized spacial score (nSPS) is 12.0. The lowest BCUT2D eigenvalue weighted by atomic mass is 9.97. The Balaban J connectivity index is 0.00000533. The second-order valence-corrected chi connectivity index (χ2v) is 10.5. The Morgan fingerprint density at radius 1 is 1.05 bits per heavy atom. The SMILES string of the molecule is CCOc1ccccc1OCCN[C@H](C)Cc1cc(C(N)=O)c2c(ccn2CCCOC(=O)C(C)(C)C)c1.Cl. The fourth-order valence-electron chi connectivity index (χ4n) is 4.26. The van der Waals surface area contributed by atoms with E-state index in [1.807, 2.05) is 74.9 Å². The highest BCUT2D eigenvalue weighted by Gasteiger charge is 2.22. The highest BCUT2D eigenvalue weighted by molar-refractivity contribution is 6.05. The van der Waals surface area contributed by atoms with Gasteiger partial charge < -0.3 is 29.8 Å². The van der Waals surface area contributed by atoms with Gasteiger partial charge in [0.2, 0.25) is 0 Å². The molecular formula is C30H42ClN3O5. The second-order valence-electron chi connectivity index (χ2n) is 10.5. The number of nitrogens with two attached hydrogens (primary N) is 1. The molecule has 9 heteroatoms. The highest BCUT2D eigenvalue weighted by atomic mass is 35.5. The molecule has 0 unspecified atom stereocenters. The molecule has 0 spiro atoms. The summed E-state index contributed by atoms with van der Waals surface area (Å²) in [6.45, 7) is 12.3. The van der Waals surface area contributed by atoms with Crippen LogP contribution in [0, 0.1) is 5.41 Å². The van der Waals surface area contributed by atoms with Crippen LogP contribution in [0.3, 0.4) is 0 Å². The Hall–Kier alpha value is -3.23. The molecule has 0 bridgehead atoms. The number of carbonyl (C=O) groups is 2. The highest BCUT2D eigenvalue weighted by Crippen LogP contribution is 2.26. The zero-order chi connectivity index (χ0) is 27.7. The van der Waals surface area contributed by atoms with E-state index in [4.69, 9.17) is 19.9 Å². The van der Waals surface area contributed by atoms with Gasteiger partial charge in [-0.2, -0.15) is 0 Å². The summed E-state index contributed by atoms with van der Waals surface area (Å²) in [6.07, 6.45) is 3.33. The molecule has 39 heavy (non-hydrogen) atoms. The van der Waals surface area contributed by atoms with E-state index < -0.39 is 11.3 Å². The predicted molar refractivity (Wildman–Crippen MR) is 157 cm³/mol. The number of esters is 1. The van der Waals surface area contributed by atoms with Crippen molar-refractivity contribution in [3.05, 3.63) is 59.8 Å². The Morgan fingerprint density at radius 2 is 1.74 bits per heavy atom. The maximum Gasteiger partial charge on any atom is 0.311 e. The predicted octanol–water partition coefficient (Wildman–Crippen LogP) is 5.14. The van der Waals surface area contributed by atoms with E-state index in [0.717, 1.165) is 34.4 Å². The number of hydrogen-bond acceptors (Lipinski definition) is 6. The lowest BCUT2D eigenvalue weighted by molar-refractivity contribution is -0.153. The average molecular weight is 560 g/mol. The number of nitrogens with zero attached hydrogens (tertiary/aromatic N) is 1. The van der Waals surface area contributed by atoms with E-state index in [1.165, 1.54) is 0 Å². The number of amides is 1. The minimum atomic E-state index is -0.524. The van der Waals surface area contributed by atoms with Crippen molar-refractivity contribution in [1.29, 1.82) is 0 Å². The first-order chi connectivity index (χ1) is 18.1. The van der Waals surface area contributed by atoms with Gasteiger partial charge >= 0.3 is 5.97 Å². The van der Waals surface area contributed by atoms with Crippen LogP contribution >= 0.6 is 12.4 Å². The molecule has 3 rings (SSSR count). The lowest BCUT2D eigenvalue weighted by Crippen LogP contribution is -2.32. The molecule has 0 aliphatic heterocycles. The van der Waals surface area contributed by atoms with Gasteiger partial charge in [0.05, 0.1) is 29.7 Å². The van der Waals surface area contributed by atoms with Crippen molar-refractivity contribution < 1.29 is 23.8 Å². The number of aromatic nitrogens is 1. The third kappa shape index (κ3) is 9.18. The summed E-state index contributed by atoms with van der Waals surface area (Å²) in [5.74, 6) is 0.797. The van der Waals surface area contributed by atoms with Crippen molar-refractivity contribution in [2.75, 3.05) is 26.4 Å². The summed E-state index contributed by atoms with van der Waals surface area (Å²) in [4.78, 5) is 24.3. The minimum absolute atomic E-state index is 0. The summed E-state index contributed by atoms with van der Waals surface area (Å²) in [6, 6.07) is 13.8. The number of nitrogens with one attached hydrogen (secondary N) is 1. The standard InChI is InChI=1S/C30H41N3O5.ClH/c1-6-36-25-10-7-8-11-26(25)37-17-13-32-21(2)18-22-19-23-12-15-33(27(23)24(20-22)28(31)34)14-9-16-38-29(35)30(3,4)5;/h7-8,10-12,15,19-21,32H,6,9,13-14,16-18H2,1-5H3,(H2,31,34);1H/t21-;/m1./s1. The van der Waals surface area contributed by atoms with Crippen molar-refractivity contribution in [1.82, 2.24) is 9.88 Å². The zero-order valence-corrected chi connectivity index (χ0v) is 24.4. The number of primary amides is 1. The maximum absolute atomic E-state index is 12.3. The molecule has 1 aromatic heterocycles. The largest absolute Gasteiger partial charge is 0.490 e. The third-order valence-corrected chi connectivity index (χ3v) is 6.12. The molecule has 1 amide bonds. The number of hydrogen-bond donors (Lipinski definition) is 2. The molecule has 0 saturated heterocycles. The first-order valence-electron chi connectivity index (χ1n) is 13.3. The lowest BCUT2D eigenvalue weighted by Gasteiger charge is -2.17. The van der Waals surface area contributed by atoms with Gasteiger partial charge in [-0.1, -0.05) is 12.1 Å². The van der Waals surface area contributed by atoms with Crippen molar-refractivity contribution in [3.8, 4) is 11.5 Å². The van der Waals surface area contributed by atoms with Crippen LogP contribution in [0.2, 0.25) is 0 Å². The molecular weight excluding hydrogens is 518 g/mol. The Kier molecular flexibility index (Phi) is 12.1. The van der Waals surface area contributed by atoms with Crippen LogP contribution in [-0.4, -0.2) is 48.9 Å². The maximum atomic E-state index is 12.3. The monoisotopic (exact) mass is 559 g/mol. The number of fused-ring (bicyclic) bond motifs is 1. The molecule has 0 aliphatic rings. The summed E-state index contributed by atoms with van der Waals surface area (Å²) in [5, 5.41) is 4.44. The van der Waals surface area contributed by atoms with Crippen LogP contribution in [0.25, 0.3) is 10.9 Å². The van der Waals surface area contributed by atoms with Crippen LogP contribution in [0.15, 0.2) is 48.7 Å². The Bertz CT molecular complexity index is 1240. The summed E-state index contributed by atoms with van der Waals surface area (Å²) < 4.78 is 18.9. The smallest absolute Gasteiger partial charge is 0.311 e. The van der Waals surface area contributed by atoms with E-state index in [9.17, 15) is 9.59 Å². The van der Waals surface area contributed by atoms with Crippen molar-refractivity contribution >= 4 is 35.2 Å². The molecule has 8 nitrogen and oxygen atoms in total. The van der Waals surface area contributed by atoms with Crippen LogP contribution in [0.1, 0.15) is 57.0 Å². The fraction of sp³-hybridized carbons (Fsp3) is 0.467. The number of halogens is 1. The molecule has 0 fully saturated rings. The number of aryl methyl sites for hydroxylation is 1. The van der Waals surface area contributed by atoms with E-state index >= 15 is 0 Å². The molecule has 1 atom stereocenters. The van der Waals surface area contributed by atoms with Crippen LogP contribution in [0.4, 0.5) is 0 Å². The molecule has 214 valence electrons. The summed E-state index contributed by atoms with van der Waals surface area (Å²) >= 11 is 0. The average Bonchev–Trinajstić information content (AvgIpc) is 3.27. The van der Waals surface area contributed by atoms with Crippen molar-refractivity contribution in [2.24, 2.45) is 11.1 Å². The molecule has 3 N–H and O–H groups in total. The number of ether oxygens (including phenoxy) is 3. The van der Waals surface area contributed by atoms with Crippen LogP contribution in [-0.2, 0) is 22.5 Å². The molecule has 0 radical (unpaired) electrons. The fourth-order valence-corrected chi connectivity index (χ4v) is 4.26. The minimum Gasteiger partial charge on any atom is -0.490 e. The van der Waals surface area contributed by atoms with E-state index in [1.54, 1.807) is 0 Å². The summed E-state index contributed by atoms with van der Waals surface area (Å²) in [7, 11) is 0. The second kappa shape index (κ2) is 14.8. The number of rotatable bonds is 14. The number of carbonyl (C=O) groups excluding carboxylic acids is 2. The topological polar surface area (TPSA) is 105 Å². The van der Waals surface area contributed by atoms with Crippen LogP contribution < -0.4 is 20.5 Å². The molecule has 2 aromatic carbocycles. The first-order valence-corrected chi connectivity index (χ1v) is 13.3. The van der Waals surface area contributed by atoms with E-state index in [2.05, 4.69) is 18.3 Å². The van der Waals surface area contributed by atoms with Gasteiger partial charge in [0.15, 0.2) is 11.5 Å².